The van der Waals surface area contributed by atoms with Crippen molar-refractivity contribution < 1.29 is 4.79 Å². The number of halogens is 2. The molecular weight excluding hydrogens is 393 g/mol. The van der Waals surface area contributed by atoms with Gasteiger partial charge in [0.15, 0.2) is 0 Å². The molecule has 0 aliphatic heterocycles. The molecule has 1 aromatic carbocycles. The van der Waals surface area contributed by atoms with E-state index >= 15 is 0 Å². The van der Waals surface area contributed by atoms with Gasteiger partial charge in [-0.1, -0.05) is 20.8 Å². The molecule has 0 aliphatic rings. The van der Waals surface area contributed by atoms with Crippen molar-refractivity contribution in [2.75, 3.05) is 0 Å². The molecule has 0 bridgehead atoms. The van der Waals surface area contributed by atoms with Crippen LogP contribution >= 0.6 is 38.5 Å². The van der Waals surface area contributed by atoms with E-state index in [9.17, 15) is 4.79 Å². The predicted octanol–water partition coefficient (Wildman–Crippen LogP) is 4.22. The summed E-state index contributed by atoms with van der Waals surface area (Å²) in [5.41, 5.74) is 0.705. The summed E-state index contributed by atoms with van der Waals surface area (Å²) in [6.45, 7) is 6.34. The lowest BCUT2D eigenvalue weighted by Crippen LogP contribution is -2.38. The number of hydrogen-bond donors (Lipinski definition) is 1. The van der Waals surface area contributed by atoms with Gasteiger partial charge in [-0.3, -0.25) is 4.79 Å². The normalized spacial score (nSPS) is 12.6. The molecule has 4 heteroatoms. The lowest BCUT2D eigenvalue weighted by Gasteiger charge is -2.21. The summed E-state index contributed by atoms with van der Waals surface area (Å²) >= 11 is 5.63. The summed E-state index contributed by atoms with van der Waals surface area (Å²) in [6, 6.07) is 6.01. The van der Waals surface area contributed by atoms with Crippen LogP contribution in [0, 0.1) is 9.49 Å². The minimum Gasteiger partial charge on any atom is -0.349 e. The smallest absolute Gasteiger partial charge is 0.252 e. The fourth-order valence-electron chi connectivity index (χ4n) is 1.66. The van der Waals surface area contributed by atoms with Gasteiger partial charge in [-0.15, -0.1) is 0 Å². The summed E-state index contributed by atoms with van der Waals surface area (Å²) in [4.78, 5) is 12.1. The molecule has 0 fully saturated rings. The zero-order chi connectivity index (χ0) is 13.0. The van der Waals surface area contributed by atoms with Crippen LogP contribution < -0.4 is 5.32 Å². The molecule has 17 heavy (non-hydrogen) atoms. The van der Waals surface area contributed by atoms with Crippen molar-refractivity contribution >= 4 is 44.4 Å². The Kier molecular flexibility index (Phi) is 5.92. The van der Waals surface area contributed by atoms with E-state index < -0.39 is 0 Å². The van der Waals surface area contributed by atoms with Gasteiger partial charge in [0.05, 0.1) is 5.56 Å². The van der Waals surface area contributed by atoms with E-state index in [1.54, 1.807) is 0 Å². The van der Waals surface area contributed by atoms with Crippen molar-refractivity contribution in [3.63, 3.8) is 0 Å². The fraction of sp³-hybridized carbons (Fsp3) is 0.462. The Bertz CT molecular complexity index is 406. The van der Waals surface area contributed by atoms with Gasteiger partial charge in [-0.05, 0) is 69.1 Å². The first-order valence-corrected chi connectivity index (χ1v) is 7.58. The van der Waals surface area contributed by atoms with Crippen molar-refractivity contribution in [3.05, 3.63) is 31.8 Å². The van der Waals surface area contributed by atoms with Crippen LogP contribution in [0.15, 0.2) is 22.7 Å². The molecule has 1 unspecified atom stereocenters. The van der Waals surface area contributed by atoms with E-state index in [-0.39, 0.29) is 11.9 Å². The lowest BCUT2D eigenvalue weighted by molar-refractivity contribution is 0.0924. The van der Waals surface area contributed by atoms with E-state index in [2.05, 4.69) is 64.6 Å². The first kappa shape index (κ1) is 15.0. The largest absolute Gasteiger partial charge is 0.349 e. The van der Waals surface area contributed by atoms with Crippen LogP contribution in [0.2, 0.25) is 0 Å². The van der Waals surface area contributed by atoms with Crippen molar-refractivity contribution in [1.29, 1.82) is 0 Å². The molecule has 1 rings (SSSR count). The minimum absolute atomic E-state index is 0.00376. The number of hydrogen-bond acceptors (Lipinski definition) is 1. The van der Waals surface area contributed by atoms with Crippen LogP contribution in [0.4, 0.5) is 0 Å². The third kappa shape index (κ3) is 4.25. The molecular formula is C13H17BrINO. The highest BCUT2D eigenvalue weighted by Gasteiger charge is 2.17. The van der Waals surface area contributed by atoms with Crippen LogP contribution in [-0.4, -0.2) is 11.9 Å². The number of amides is 1. The third-order valence-corrected chi connectivity index (χ3v) is 4.10. The lowest BCUT2D eigenvalue weighted by atomic mass is 10.0. The molecule has 1 N–H and O–H groups in total. The van der Waals surface area contributed by atoms with E-state index in [1.165, 1.54) is 0 Å². The van der Waals surface area contributed by atoms with Gasteiger partial charge in [0.25, 0.3) is 5.91 Å². The summed E-state index contributed by atoms with van der Waals surface area (Å²) < 4.78 is 1.91. The van der Waals surface area contributed by atoms with Gasteiger partial charge in [0.1, 0.15) is 0 Å². The topological polar surface area (TPSA) is 29.1 Å². The molecule has 0 heterocycles. The summed E-state index contributed by atoms with van der Waals surface area (Å²) in [7, 11) is 0. The van der Waals surface area contributed by atoms with Crippen LogP contribution in [0.25, 0.3) is 0 Å². The molecule has 0 aliphatic carbocycles. The fourth-order valence-corrected chi connectivity index (χ4v) is 2.58. The first-order chi connectivity index (χ1) is 7.95. The van der Waals surface area contributed by atoms with E-state index in [1.807, 2.05) is 18.2 Å². The van der Waals surface area contributed by atoms with Gasteiger partial charge >= 0.3 is 0 Å². The Balaban J connectivity index is 2.86. The number of rotatable bonds is 4. The number of carbonyl (C=O) groups is 1. The highest BCUT2D eigenvalue weighted by atomic mass is 127. The quantitative estimate of drug-likeness (QED) is 0.741. The Morgan fingerprint density at radius 2 is 2.12 bits per heavy atom. The van der Waals surface area contributed by atoms with Crippen LogP contribution in [-0.2, 0) is 0 Å². The number of benzene rings is 1. The average molecular weight is 410 g/mol. The van der Waals surface area contributed by atoms with Gasteiger partial charge < -0.3 is 5.32 Å². The Morgan fingerprint density at radius 3 is 2.65 bits per heavy atom. The van der Waals surface area contributed by atoms with E-state index in [0.717, 1.165) is 14.5 Å². The maximum atomic E-state index is 12.1. The van der Waals surface area contributed by atoms with Crippen LogP contribution in [0.5, 0.6) is 0 Å². The second-order valence-electron chi connectivity index (χ2n) is 4.36. The molecule has 1 aromatic rings. The molecule has 0 spiro atoms. The van der Waals surface area contributed by atoms with Gasteiger partial charge in [0, 0.05) is 14.1 Å². The second-order valence-corrected chi connectivity index (χ2v) is 6.46. The van der Waals surface area contributed by atoms with Crippen LogP contribution in [0.3, 0.4) is 0 Å². The van der Waals surface area contributed by atoms with Crippen molar-refractivity contribution in [2.45, 2.75) is 33.2 Å². The summed E-state index contributed by atoms with van der Waals surface area (Å²) in [6.07, 6.45) is 0.949. The van der Waals surface area contributed by atoms with Gasteiger partial charge in [0.2, 0.25) is 0 Å². The SMILES string of the molecule is CCC(NC(=O)c1cc(I)ccc1Br)C(C)C. The van der Waals surface area contributed by atoms with Crippen LogP contribution in [0.1, 0.15) is 37.6 Å². The molecule has 0 saturated heterocycles. The molecule has 1 amide bonds. The van der Waals surface area contributed by atoms with Crippen molar-refractivity contribution in [3.8, 4) is 0 Å². The molecule has 0 saturated carbocycles. The highest BCUT2D eigenvalue weighted by Crippen LogP contribution is 2.20. The van der Waals surface area contributed by atoms with Gasteiger partial charge in [-0.2, -0.15) is 0 Å². The van der Waals surface area contributed by atoms with E-state index in [4.69, 9.17) is 0 Å². The maximum Gasteiger partial charge on any atom is 0.252 e. The molecule has 0 aromatic heterocycles. The van der Waals surface area contributed by atoms with Crippen molar-refractivity contribution in [1.82, 2.24) is 5.32 Å². The number of carbonyl (C=O) groups excluding carboxylic acids is 1. The maximum absolute atomic E-state index is 12.1. The number of nitrogens with one attached hydrogen (secondary N) is 1. The molecule has 2 nitrogen and oxygen atoms in total. The highest BCUT2D eigenvalue weighted by molar-refractivity contribution is 14.1. The second kappa shape index (κ2) is 6.73. The zero-order valence-electron chi connectivity index (χ0n) is 10.3. The zero-order valence-corrected chi connectivity index (χ0v) is 14.0. The van der Waals surface area contributed by atoms with Gasteiger partial charge in [-0.25, -0.2) is 0 Å². The molecule has 0 radical (unpaired) electrons. The first-order valence-electron chi connectivity index (χ1n) is 5.71. The molecule has 1 atom stereocenters. The predicted molar refractivity (Wildman–Crippen MR) is 83.2 cm³/mol. The third-order valence-electron chi connectivity index (χ3n) is 2.73. The Labute approximate surface area is 125 Å². The Morgan fingerprint density at radius 1 is 1.47 bits per heavy atom. The minimum atomic E-state index is -0.00376. The average Bonchev–Trinajstić information content (AvgIpc) is 2.28. The standard InChI is InChI=1S/C13H17BrINO/c1-4-12(8(2)3)16-13(17)10-7-9(15)5-6-11(10)14/h5-8,12H,4H2,1-3H3,(H,16,17). The molecule has 94 valence electrons. The van der Waals surface area contributed by atoms with Crippen molar-refractivity contribution in [2.24, 2.45) is 5.92 Å². The summed E-state index contributed by atoms with van der Waals surface area (Å²) in [5, 5.41) is 3.08. The summed E-state index contributed by atoms with van der Waals surface area (Å²) in [5.74, 6) is 0.446. The Hall–Kier alpha value is -0.100. The monoisotopic (exact) mass is 409 g/mol. The van der Waals surface area contributed by atoms with E-state index in [0.29, 0.717) is 11.5 Å².